The standard InChI is InChI=1S/C33H38N2O6/c1-39-19-5-17-35-30-20-25(8-9-27(30)12-15-32(35)37)23-40-31-21-34(33(38)41-22-24-6-3-2-4-7-24)18-16-29(31)26-10-13-28(36)14-11-26/h2-4,6-11,13-14,20,29,31,36H,5,12,15-19,21-23H2,1H3. The van der Waals surface area contributed by atoms with Crippen molar-refractivity contribution in [1.82, 2.24) is 4.90 Å². The molecule has 1 saturated heterocycles. The van der Waals surface area contributed by atoms with Gasteiger partial charge in [-0.05, 0) is 59.7 Å². The number of hydrogen-bond acceptors (Lipinski definition) is 6. The second-order valence-electron chi connectivity index (χ2n) is 10.7. The predicted molar refractivity (Wildman–Crippen MR) is 156 cm³/mol. The average Bonchev–Trinajstić information content (AvgIpc) is 3.01. The van der Waals surface area contributed by atoms with Gasteiger partial charge in [-0.3, -0.25) is 4.79 Å². The number of carbonyl (C=O) groups is 2. The number of fused-ring (bicyclic) bond motifs is 1. The van der Waals surface area contributed by atoms with Crippen molar-refractivity contribution in [3.05, 3.63) is 95.1 Å². The third-order valence-corrected chi connectivity index (χ3v) is 7.89. The van der Waals surface area contributed by atoms with Gasteiger partial charge in [0.2, 0.25) is 5.91 Å². The van der Waals surface area contributed by atoms with Gasteiger partial charge < -0.3 is 29.1 Å². The van der Waals surface area contributed by atoms with E-state index in [0.717, 1.165) is 40.8 Å². The zero-order chi connectivity index (χ0) is 28.6. The molecule has 0 spiro atoms. The van der Waals surface area contributed by atoms with Crippen molar-refractivity contribution < 1.29 is 28.9 Å². The van der Waals surface area contributed by atoms with E-state index in [4.69, 9.17) is 14.2 Å². The molecule has 2 aliphatic rings. The summed E-state index contributed by atoms with van der Waals surface area (Å²) < 4.78 is 17.3. The SMILES string of the molecule is COCCCN1C(=O)CCc2ccc(COC3CN(C(=O)OCc4ccccc4)CCC3c3ccc(O)cc3)cc21. The van der Waals surface area contributed by atoms with Crippen LogP contribution in [0.2, 0.25) is 0 Å². The van der Waals surface area contributed by atoms with Gasteiger partial charge in [-0.25, -0.2) is 4.79 Å². The topological polar surface area (TPSA) is 88.5 Å². The number of methoxy groups -OCH3 is 1. The lowest BCUT2D eigenvalue weighted by Crippen LogP contribution is -2.47. The molecule has 2 atom stereocenters. The number of benzene rings is 3. The van der Waals surface area contributed by atoms with Gasteiger partial charge in [0.1, 0.15) is 12.4 Å². The van der Waals surface area contributed by atoms with Gasteiger partial charge in [0.05, 0.1) is 19.3 Å². The first-order valence-electron chi connectivity index (χ1n) is 14.3. The Morgan fingerprint density at radius 3 is 2.56 bits per heavy atom. The zero-order valence-corrected chi connectivity index (χ0v) is 23.5. The van der Waals surface area contributed by atoms with Crippen molar-refractivity contribution in [3.8, 4) is 5.75 Å². The largest absolute Gasteiger partial charge is 0.508 e. The normalized spacial score (nSPS) is 18.7. The number of anilines is 1. The van der Waals surface area contributed by atoms with Crippen LogP contribution >= 0.6 is 0 Å². The van der Waals surface area contributed by atoms with Crippen molar-refractivity contribution in [2.45, 2.75) is 50.9 Å². The Kier molecular flexibility index (Phi) is 9.54. The molecule has 8 nitrogen and oxygen atoms in total. The van der Waals surface area contributed by atoms with Crippen molar-refractivity contribution in [3.63, 3.8) is 0 Å². The number of aromatic hydroxyl groups is 1. The summed E-state index contributed by atoms with van der Waals surface area (Å²) >= 11 is 0. The first kappa shape index (κ1) is 28.6. The van der Waals surface area contributed by atoms with Crippen LogP contribution in [0.15, 0.2) is 72.8 Å². The van der Waals surface area contributed by atoms with Gasteiger partial charge in [0.25, 0.3) is 0 Å². The molecule has 2 amide bonds. The highest BCUT2D eigenvalue weighted by molar-refractivity contribution is 5.96. The second kappa shape index (κ2) is 13.7. The molecule has 8 heteroatoms. The highest BCUT2D eigenvalue weighted by Crippen LogP contribution is 2.34. The smallest absolute Gasteiger partial charge is 0.410 e. The molecule has 2 unspecified atom stereocenters. The summed E-state index contributed by atoms with van der Waals surface area (Å²) in [6.45, 7) is 2.74. The first-order chi connectivity index (χ1) is 20.0. The van der Waals surface area contributed by atoms with Gasteiger partial charge in [0.15, 0.2) is 0 Å². The maximum absolute atomic E-state index is 13.0. The lowest BCUT2D eigenvalue weighted by Gasteiger charge is -2.38. The minimum absolute atomic E-state index is 0.0542. The molecule has 3 aromatic rings. The van der Waals surface area contributed by atoms with Gasteiger partial charge in [-0.2, -0.15) is 0 Å². The van der Waals surface area contributed by atoms with E-state index in [1.54, 1.807) is 24.1 Å². The number of hydrogen-bond donors (Lipinski definition) is 1. The maximum Gasteiger partial charge on any atom is 0.410 e. The second-order valence-corrected chi connectivity index (χ2v) is 10.7. The molecule has 2 aliphatic heterocycles. The Balaban J connectivity index is 1.29. The molecule has 3 aromatic carbocycles. The number of ether oxygens (including phenoxy) is 3. The van der Waals surface area contributed by atoms with Crippen LogP contribution in [-0.4, -0.2) is 61.5 Å². The van der Waals surface area contributed by atoms with Crippen molar-refractivity contribution >= 4 is 17.7 Å². The number of piperidine rings is 1. The van der Waals surface area contributed by atoms with Crippen molar-refractivity contribution in [2.75, 3.05) is 38.3 Å². The first-order valence-corrected chi connectivity index (χ1v) is 14.3. The number of phenolic OH excluding ortho intramolecular Hbond substituents is 1. The molecule has 41 heavy (non-hydrogen) atoms. The molecular formula is C33H38N2O6. The third-order valence-electron chi connectivity index (χ3n) is 7.89. The lowest BCUT2D eigenvalue weighted by molar-refractivity contribution is -0.118. The van der Waals surface area contributed by atoms with Gasteiger partial charge >= 0.3 is 6.09 Å². The van der Waals surface area contributed by atoms with Crippen LogP contribution in [0.3, 0.4) is 0 Å². The van der Waals surface area contributed by atoms with Crippen molar-refractivity contribution in [2.24, 2.45) is 0 Å². The number of rotatable bonds is 10. The molecule has 1 fully saturated rings. The Morgan fingerprint density at radius 1 is 0.976 bits per heavy atom. The Bertz CT molecular complexity index is 1310. The molecule has 0 saturated carbocycles. The Labute approximate surface area is 241 Å². The summed E-state index contributed by atoms with van der Waals surface area (Å²) in [5.41, 5.74) is 5.09. The van der Waals surface area contributed by atoms with E-state index in [-0.39, 0.29) is 36.4 Å². The molecular weight excluding hydrogens is 520 g/mol. The van der Waals surface area contributed by atoms with Crippen LogP contribution in [0, 0.1) is 0 Å². The number of aryl methyl sites for hydroxylation is 1. The van der Waals surface area contributed by atoms with Crippen LogP contribution < -0.4 is 4.90 Å². The van der Waals surface area contributed by atoms with Crippen LogP contribution in [0.4, 0.5) is 10.5 Å². The number of carbonyl (C=O) groups excluding carboxylic acids is 2. The molecule has 0 radical (unpaired) electrons. The monoisotopic (exact) mass is 558 g/mol. The van der Waals surface area contributed by atoms with Crippen LogP contribution in [-0.2, 0) is 38.6 Å². The number of phenols is 1. The van der Waals surface area contributed by atoms with E-state index in [1.807, 2.05) is 47.4 Å². The number of likely N-dealkylation sites (tertiary alicyclic amines) is 1. The molecule has 1 N–H and O–H groups in total. The fraction of sp³-hybridized carbons (Fsp3) is 0.394. The molecule has 0 bridgehead atoms. The van der Waals surface area contributed by atoms with Crippen LogP contribution in [0.5, 0.6) is 5.75 Å². The number of amides is 2. The third kappa shape index (κ3) is 7.26. The zero-order valence-electron chi connectivity index (χ0n) is 23.5. The highest BCUT2D eigenvalue weighted by atomic mass is 16.6. The molecule has 0 aliphatic carbocycles. The molecule has 5 rings (SSSR count). The van der Waals surface area contributed by atoms with E-state index < -0.39 is 0 Å². The quantitative estimate of drug-likeness (QED) is 0.335. The summed E-state index contributed by atoms with van der Waals surface area (Å²) in [7, 11) is 1.67. The molecule has 0 aromatic heterocycles. The predicted octanol–water partition coefficient (Wildman–Crippen LogP) is 5.42. The highest BCUT2D eigenvalue weighted by Gasteiger charge is 2.34. The minimum Gasteiger partial charge on any atom is -0.508 e. The van der Waals surface area contributed by atoms with Gasteiger partial charge in [-0.1, -0.05) is 54.6 Å². The summed E-state index contributed by atoms with van der Waals surface area (Å²) in [6.07, 6.45) is 2.11. The van der Waals surface area contributed by atoms with E-state index in [0.29, 0.717) is 45.7 Å². The molecule has 2 heterocycles. The Morgan fingerprint density at radius 2 is 1.78 bits per heavy atom. The Hall–Kier alpha value is -3.88. The van der Waals surface area contributed by atoms with Gasteiger partial charge in [-0.15, -0.1) is 0 Å². The average molecular weight is 559 g/mol. The summed E-state index contributed by atoms with van der Waals surface area (Å²) in [6, 6.07) is 23.1. The van der Waals surface area contributed by atoms with Crippen LogP contribution in [0.1, 0.15) is 47.4 Å². The number of nitrogens with zero attached hydrogens (tertiary/aromatic N) is 2. The maximum atomic E-state index is 13.0. The lowest BCUT2D eigenvalue weighted by atomic mass is 9.87. The van der Waals surface area contributed by atoms with E-state index in [1.165, 1.54) is 0 Å². The summed E-state index contributed by atoms with van der Waals surface area (Å²) in [5, 5.41) is 9.81. The van der Waals surface area contributed by atoms with Crippen molar-refractivity contribution in [1.29, 1.82) is 0 Å². The molecule has 216 valence electrons. The van der Waals surface area contributed by atoms with E-state index >= 15 is 0 Å². The van der Waals surface area contributed by atoms with Gasteiger partial charge in [0, 0.05) is 44.8 Å². The summed E-state index contributed by atoms with van der Waals surface area (Å²) in [4.78, 5) is 29.3. The fourth-order valence-corrected chi connectivity index (χ4v) is 5.65. The fourth-order valence-electron chi connectivity index (χ4n) is 5.65. The van der Waals surface area contributed by atoms with E-state index in [9.17, 15) is 14.7 Å². The minimum atomic E-state index is -0.356. The summed E-state index contributed by atoms with van der Waals surface area (Å²) in [5.74, 6) is 0.404. The van der Waals surface area contributed by atoms with E-state index in [2.05, 4.69) is 18.2 Å². The van der Waals surface area contributed by atoms with Crippen LogP contribution in [0.25, 0.3) is 0 Å².